The molecule has 0 saturated carbocycles. The number of fused-ring (bicyclic) bond motifs is 1. The molecular formula is C15H20. The van der Waals surface area contributed by atoms with Crippen LogP contribution in [0.25, 0.3) is 0 Å². The lowest BCUT2D eigenvalue weighted by Gasteiger charge is -2.31. The topological polar surface area (TPSA) is 0 Å². The van der Waals surface area contributed by atoms with E-state index in [1.54, 1.807) is 11.1 Å². The van der Waals surface area contributed by atoms with Crippen LogP contribution in [-0.4, -0.2) is 0 Å². The summed E-state index contributed by atoms with van der Waals surface area (Å²) < 4.78 is 0. The van der Waals surface area contributed by atoms with Crippen LogP contribution >= 0.6 is 0 Å². The van der Waals surface area contributed by atoms with Gasteiger partial charge < -0.3 is 0 Å². The summed E-state index contributed by atoms with van der Waals surface area (Å²) in [7, 11) is 0. The fraction of sp³-hybridized carbons (Fsp3) is 0.467. The summed E-state index contributed by atoms with van der Waals surface area (Å²) in [4.78, 5) is 0. The summed E-state index contributed by atoms with van der Waals surface area (Å²) in [5.74, 6) is 1.37. The molecule has 0 aliphatic heterocycles. The van der Waals surface area contributed by atoms with Crippen molar-refractivity contribution < 1.29 is 0 Å². The highest BCUT2D eigenvalue weighted by molar-refractivity contribution is 5.39. The zero-order chi connectivity index (χ0) is 10.7. The van der Waals surface area contributed by atoms with Gasteiger partial charge in [0.2, 0.25) is 0 Å². The van der Waals surface area contributed by atoms with E-state index in [0.29, 0.717) is 5.92 Å². The van der Waals surface area contributed by atoms with Crippen LogP contribution in [0.1, 0.15) is 33.1 Å². The molecule has 0 aromatic rings. The van der Waals surface area contributed by atoms with Crippen molar-refractivity contribution in [2.45, 2.75) is 33.1 Å². The van der Waals surface area contributed by atoms with Crippen LogP contribution in [0.4, 0.5) is 0 Å². The number of rotatable bonds is 2. The first-order valence-electron chi connectivity index (χ1n) is 6.04. The fourth-order valence-electron chi connectivity index (χ4n) is 2.59. The molecule has 2 rings (SSSR count). The van der Waals surface area contributed by atoms with Crippen LogP contribution in [0.15, 0.2) is 47.6 Å². The summed E-state index contributed by atoms with van der Waals surface area (Å²) in [6.07, 6.45) is 17.5. The minimum Gasteiger partial charge on any atom is -0.0885 e. The van der Waals surface area contributed by atoms with Gasteiger partial charge in [0.05, 0.1) is 0 Å². The highest BCUT2D eigenvalue weighted by atomic mass is 14.3. The molecule has 80 valence electrons. The van der Waals surface area contributed by atoms with Crippen molar-refractivity contribution in [3.8, 4) is 0 Å². The van der Waals surface area contributed by atoms with Crippen LogP contribution in [0.3, 0.4) is 0 Å². The number of hydrogen-bond acceptors (Lipinski definition) is 0. The van der Waals surface area contributed by atoms with Crippen molar-refractivity contribution in [1.29, 1.82) is 0 Å². The Labute approximate surface area is 93.1 Å². The quantitative estimate of drug-likeness (QED) is 0.579. The maximum atomic E-state index is 2.42. The van der Waals surface area contributed by atoms with Crippen LogP contribution in [0.5, 0.6) is 0 Å². The van der Waals surface area contributed by atoms with Gasteiger partial charge in [-0.05, 0) is 37.7 Å². The zero-order valence-electron chi connectivity index (χ0n) is 9.74. The van der Waals surface area contributed by atoms with E-state index >= 15 is 0 Å². The van der Waals surface area contributed by atoms with E-state index in [2.05, 4.69) is 50.3 Å². The van der Waals surface area contributed by atoms with Crippen LogP contribution in [0, 0.1) is 11.8 Å². The van der Waals surface area contributed by atoms with Crippen molar-refractivity contribution in [3.63, 3.8) is 0 Å². The van der Waals surface area contributed by atoms with Gasteiger partial charge in [0.15, 0.2) is 0 Å². The maximum Gasteiger partial charge on any atom is 0.00834 e. The molecule has 0 spiro atoms. The Morgan fingerprint density at radius 2 is 2.27 bits per heavy atom. The first-order valence-corrected chi connectivity index (χ1v) is 6.04. The molecule has 0 fully saturated rings. The molecule has 0 amide bonds. The molecule has 0 aromatic carbocycles. The summed E-state index contributed by atoms with van der Waals surface area (Å²) in [5.41, 5.74) is 3.15. The molecule has 0 aromatic heterocycles. The molecule has 0 N–H and O–H groups in total. The van der Waals surface area contributed by atoms with Crippen LogP contribution in [-0.2, 0) is 0 Å². The molecule has 0 nitrogen and oxygen atoms in total. The summed E-state index contributed by atoms with van der Waals surface area (Å²) >= 11 is 0. The van der Waals surface area contributed by atoms with Gasteiger partial charge in [-0.25, -0.2) is 0 Å². The third-order valence-electron chi connectivity index (χ3n) is 3.49. The average molecular weight is 200 g/mol. The lowest BCUT2D eigenvalue weighted by Crippen LogP contribution is -2.19. The van der Waals surface area contributed by atoms with Gasteiger partial charge in [0.25, 0.3) is 0 Å². The first-order chi connectivity index (χ1) is 7.33. The molecule has 0 heteroatoms. The molecule has 0 saturated heterocycles. The molecule has 0 heterocycles. The summed E-state index contributed by atoms with van der Waals surface area (Å²) in [6.45, 7) is 4.49. The molecular weight excluding hydrogens is 180 g/mol. The Bertz CT molecular complexity index is 339. The minimum atomic E-state index is 0.645. The fourth-order valence-corrected chi connectivity index (χ4v) is 2.59. The molecule has 2 atom stereocenters. The van der Waals surface area contributed by atoms with E-state index in [1.165, 1.54) is 12.8 Å². The third-order valence-corrected chi connectivity index (χ3v) is 3.49. The van der Waals surface area contributed by atoms with E-state index in [4.69, 9.17) is 0 Å². The lowest BCUT2D eigenvalue weighted by molar-refractivity contribution is 0.465. The van der Waals surface area contributed by atoms with Gasteiger partial charge in [0, 0.05) is 5.92 Å². The summed E-state index contributed by atoms with van der Waals surface area (Å²) in [6, 6.07) is 0. The van der Waals surface area contributed by atoms with Crippen molar-refractivity contribution >= 4 is 0 Å². The minimum absolute atomic E-state index is 0.645. The second kappa shape index (κ2) is 4.65. The third kappa shape index (κ3) is 2.14. The monoisotopic (exact) mass is 200 g/mol. The maximum absolute atomic E-state index is 2.42. The predicted molar refractivity (Wildman–Crippen MR) is 66.6 cm³/mol. The standard InChI is InChI=1S/C15H20/c1-3-4-7-13-11-10-12(2)14-8-5-6-9-15(13)14/h4-9,13,15H,3,10-11H2,1-2H3. The summed E-state index contributed by atoms with van der Waals surface area (Å²) in [5, 5.41) is 0. The van der Waals surface area contributed by atoms with Crippen molar-refractivity contribution in [3.05, 3.63) is 47.6 Å². The van der Waals surface area contributed by atoms with Gasteiger partial charge >= 0.3 is 0 Å². The van der Waals surface area contributed by atoms with Crippen molar-refractivity contribution in [2.24, 2.45) is 11.8 Å². The van der Waals surface area contributed by atoms with E-state index in [1.807, 2.05) is 0 Å². The average Bonchev–Trinajstić information content (AvgIpc) is 2.29. The lowest BCUT2D eigenvalue weighted by atomic mass is 9.73. The van der Waals surface area contributed by atoms with Gasteiger partial charge in [-0.1, -0.05) is 49.0 Å². The molecule has 2 aliphatic carbocycles. The number of allylic oxidation sites excluding steroid dienone is 8. The Morgan fingerprint density at radius 3 is 3.07 bits per heavy atom. The molecule has 0 bridgehead atoms. The normalized spacial score (nSPS) is 30.0. The Balaban J connectivity index is 2.23. The second-order valence-electron chi connectivity index (χ2n) is 4.54. The Hall–Kier alpha value is -1.04. The van der Waals surface area contributed by atoms with Gasteiger partial charge in [0.1, 0.15) is 0 Å². The molecule has 2 aliphatic rings. The van der Waals surface area contributed by atoms with E-state index in [9.17, 15) is 0 Å². The van der Waals surface area contributed by atoms with Gasteiger partial charge in [-0.2, -0.15) is 0 Å². The van der Waals surface area contributed by atoms with Gasteiger partial charge in [-0.3, -0.25) is 0 Å². The highest BCUT2D eigenvalue weighted by Crippen LogP contribution is 2.38. The largest absolute Gasteiger partial charge is 0.0885 e. The number of hydrogen-bond donors (Lipinski definition) is 0. The van der Waals surface area contributed by atoms with Crippen molar-refractivity contribution in [1.82, 2.24) is 0 Å². The molecule has 2 unspecified atom stereocenters. The van der Waals surface area contributed by atoms with Crippen molar-refractivity contribution in [2.75, 3.05) is 0 Å². The Kier molecular flexibility index (Phi) is 3.25. The first kappa shape index (κ1) is 10.5. The molecule has 0 radical (unpaired) electrons. The van der Waals surface area contributed by atoms with E-state index in [0.717, 1.165) is 12.3 Å². The SMILES string of the molecule is CCC=CC1CCC(C)=C2C=CC=CC21. The smallest absolute Gasteiger partial charge is 0.00834 e. The van der Waals surface area contributed by atoms with Gasteiger partial charge in [-0.15, -0.1) is 0 Å². The van der Waals surface area contributed by atoms with Crippen LogP contribution < -0.4 is 0 Å². The Morgan fingerprint density at radius 1 is 1.40 bits per heavy atom. The van der Waals surface area contributed by atoms with Crippen LogP contribution in [0.2, 0.25) is 0 Å². The van der Waals surface area contributed by atoms with E-state index in [-0.39, 0.29) is 0 Å². The highest BCUT2D eigenvalue weighted by Gasteiger charge is 2.25. The second-order valence-corrected chi connectivity index (χ2v) is 4.54. The predicted octanol–water partition coefficient (Wildman–Crippen LogP) is 4.42. The molecule has 15 heavy (non-hydrogen) atoms. The zero-order valence-corrected chi connectivity index (χ0v) is 9.74. The van der Waals surface area contributed by atoms with E-state index < -0.39 is 0 Å².